The summed E-state index contributed by atoms with van der Waals surface area (Å²) >= 11 is 0. The number of carbonyl (C=O) groups is 1. The first-order chi connectivity index (χ1) is 10.8. The Morgan fingerprint density at radius 1 is 1.00 bits per heavy atom. The maximum atomic E-state index is 12.5. The minimum absolute atomic E-state index is 0.364. The van der Waals surface area contributed by atoms with Gasteiger partial charge in [-0.2, -0.15) is 0 Å². The van der Waals surface area contributed by atoms with Crippen LogP contribution in [0.4, 0.5) is 0 Å². The lowest BCUT2D eigenvalue weighted by Crippen LogP contribution is -2.52. The van der Waals surface area contributed by atoms with Crippen LogP contribution in [-0.4, -0.2) is 22.8 Å². The lowest BCUT2D eigenvalue weighted by Gasteiger charge is -2.48. The summed E-state index contributed by atoms with van der Waals surface area (Å²) in [6, 6.07) is 12.1. The molecule has 0 amide bonds. The molecule has 0 N–H and O–H groups in total. The normalized spacial score (nSPS) is 31.9. The van der Waals surface area contributed by atoms with Gasteiger partial charge in [0.1, 0.15) is 5.78 Å². The highest BCUT2D eigenvalue weighted by molar-refractivity contribution is 5.81. The van der Waals surface area contributed by atoms with Crippen molar-refractivity contribution in [3.8, 4) is 0 Å². The van der Waals surface area contributed by atoms with Gasteiger partial charge in [-0.25, -0.2) is 0 Å². The molecule has 0 aromatic heterocycles. The molecule has 2 heteroatoms. The van der Waals surface area contributed by atoms with Crippen LogP contribution < -0.4 is 0 Å². The highest BCUT2D eigenvalue weighted by Crippen LogP contribution is 2.41. The van der Waals surface area contributed by atoms with Crippen molar-refractivity contribution in [2.24, 2.45) is 11.8 Å². The predicted octanol–water partition coefficient (Wildman–Crippen LogP) is 4.19. The summed E-state index contributed by atoms with van der Waals surface area (Å²) in [6.07, 6.45) is 9.64. The summed E-state index contributed by atoms with van der Waals surface area (Å²) in [5.74, 6) is 1.69. The molecular formula is C20H27NO. The first-order valence-electron chi connectivity index (χ1n) is 9.12. The second-order valence-electron chi connectivity index (χ2n) is 7.68. The van der Waals surface area contributed by atoms with Crippen molar-refractivity contribution in [1.29, 1.82) is 0 Å². The van der Waals surface area contributed by atoms with Crippen LogP contribution in [0.2, 0.25) is 0 Å². The molecular weight excluding hydrogens is 270 g/mol. The quantitative estimate of drug-likeness (QED) is 0.812. The lowest BCUT2D eigenvalue weighted by molar-refractivity contribution is -0.127. The first kappa shape index (κ1) is 14.4. The Bertz CT molecular complexity index is 508. The topological polar surface area (TPSA) is 20.3 Å². The van der Waals surface area contributed by atoms with Gasteiger partial charge in [0.25, 0.3) is 0 Å². The van der Waals surface area contributed by atoms with Gasteiger partial charge in [0.15, 0.2) is 0 Å². The van der Waals surface area contributed by atoms with Crippen LogP contribution in [0.15, 0.2) is 30.3 Å². The number of rotatable bonds is 5. The second-order valence-corrected chi connectivity index (χ2v) is 7.68. The third-order valence-electron chi connectivity index (χ3n) is 5.98. The third-order valence-corrected chi connectivity index (χ3v) is 5.98. The number of hydrogen-bond acceptors (Lipinski definition) is 2. The van der Waals surface area contributed by atoms with Gasteiger partial charge in [0, 0.05) is 31.0 Å². The maximum Gasteiger partial charge on any atom is 0.136 e. The smallest absolute Gasteiger partial charge is 0.136 e. The van der Waals surface area contributed by atoms with Crippen LogP contribution in [0.3, 0.4) is 0 Å². The van der Waals surface area contributed by atoms with E-state index in [0.29, 0.717) is 23.8 Å². The van der Waals surface area contributed by atoms with Crippen molar-refractivity contribution in [3.05, 3.63) is 35.9 Å². The van der Waals surface area contributed by atoms with Crippen molar-refractivity contribution >= 4 is 5.78 Å². The van der Waals surface area contributed by atoms with Crippen LogP contribution >= 0.6 is 0 Å². The summed E-state index contributed by atoms with van der Waals surface area (Å²) in [6.45, 7) is 1.07. The van der Waals surface area contributed by atoms with Crippen LogP contribution in [0.1, 0.15) is 56.9 Å². The maximum absolute atomic E-state index is 12.5. The lowest BCUT2D eigenvalue weighted by atomic mass is 9.76. The van der Waals surface area contributed by atoms with Crippen molar-refractivity contribution in [1.82, 2.24) is 4.90 Å². The number of hydrogen-bond donors (Lipinski definition) is 0. The van der Waals surface area contributed by atoms with E-state index in [2.05, 4.69) is 35.2 Å². The monoisotopic (exact) mass is 297 g/mol. The molecule has 1 aliphatic carbocycles. The molecule has 2 atom stereocenters. The Morgan fingerprint density at radius 3 is 2.32 bits per heavy atom. The van der Waals surface area contributed by atoms with Gasteiger partial charge in [0.2, 0.25) is 0 Å². The SMILES string of the molecule is O=C(CC1CC1)C1CC2CCCC(C1)N2Cc1ccccc1. The van der Waals surface area contributed by atoms with Crippen LogP contribution in [-0.2, 0) is 11.3 Å². The zero-order valence-corrected chi connectivity index (χ0v) is 13.4. The number of fused-ring (bicyclic) bond motifs is 2. The number of nitrogens with zero attached hydrogens (tertiary/aromatic N) is 1. The van der Waals surface area contributed by atoms with Crippen molar-refractivity contribution < 1.29 is 4.79 Å². The highest BCUT2D eigenvalue weighted by atomic mass is 16.1. The van der Waals surface area contributed by atoms with E-state index < -0.39 is 0 Å². The molecule has 1 aromatic carbocycles. The summed E-state index contributed by atoms with van der Waals surface area (Å²) < 4.78 is 0. The van der Waals surface area contributed by atoms with E-state index in [1.165, 1.54) is 37.7 Å². The van der Waals surface area contributed by atoms with Gasteiger partial charge in [-0.1, -0.05) is 36.8 Å². The van der Waals surface area contributed by atoms with E-state index >= 15 is 0 Å². The Morgan fingerprint density at radius 2 is 1.68 bits per heavy atom. The van der Waals surface area contributed by atoms with Crippen molar-refractivity contribution in [2.45, 2.75) is 70.0 Å². The molecule has 4 rings (SSSR count). The third kappa shape index (κ3) is 3.12. The fraction of sp³-hybridized carbons (Fsp3) is 0.650. The number of piperidine rings is 2. The zero-order valence-electron chi connectivity index (χ0n) is 13.4. The Balaban J connectivity index is 1.43. The minimum atomic E-state index is 0.364. The summed E-state index contributed by atoms with van der Waals surface area (Å²) in [5, 5.41) is 0. The summed E-state index contributed by atoms with van der Waals surface area (Å²) in [7, 11) is 0. The average Bonchev–Trinajstić information content (AvgIpc) is 3.32. The average molecular weight is 297 g/mol. The number of benzene rings is 1. The zero-order chi connectivity index (χ0) is 14.9. The summed E-state index contributed by atoms with van der Waals surface area (Å²) in [5.41, 5.74) is 1.42. The molecule has 118 valence electrons. The molecule has 2 aliphatic heterocycles. The molecule has 0 radical (unpaired) electrons. The fourth-order valence-electron chi connectivity index (χ4n) is 4.57. The highest BCUT2D eigenvalue weighted by Gasteiger charge is 2.41. The molecule has 22 heavy (non-hydrogen) atoms. The molecule has 2 unspecified atom stereocenters. The van der Waals surface area contributed by atoms with E-state index in [1.807, 2.05) is 0 Å². The Hall–Kier alpha value is -1.15. The largest absolute Gasteiger partial charge is 0.299 e. The Labute approximate surface area is 133 Å². The summed E-state index contributed by atoms with van der Waals surface area (Å²) in [4.78, 5) is 15.2. The van der Waals surface area contributed by atoms with Gasteiger partial charge < -0.3 is 0 Å². The van der Waals surface area contributed by atoms with E-state index in [1.54, 1.807) is 0 Å². The van der Waals surface area contributed by atoms with Crippen LogP contribution in [0, 0.1) is 11.8 Å². The number of ketones is 1. The molecule has 0 spiro atoms. The van der Waals surface area contributed by atoms with Crippen LogP contribution in [0.5, 0.6) is 0 Å². The van der Waals surface area contributed by atoms with E-state index in [-0.39, 0.29) is 0 Å². The van der Waals surface area contributed by atoms with Gasteiger partial charge in [-0.15, -0.1) is 0 Å². The van der Waals surface area contributed by atoms with Crippen molar-refractivity contribution in [3.63, 3.8) is 0 Å². The molecule has 3 aliphatic rings. The predicted molar refractivity (Wildman–Crippen MR) is 88.5 cm³/mol. The number of Topliss-reactive ketones (excluding diaryl/α,β-unsaturated/α-hetero) is 1. The molecule has 2 heterocycles. The van der Waals surface area contributed by atoms with E-state index in [0.717, 1.165) is 31.7 Å². The van der Waals surface area contributed by atoms with E-state index in [9.17, 15) is 4.79 Å². The van der Waals surface area contributed by atoms with Crippen LogP contribution in [0.25, 0.3) is 0 Å². The molecule has 3 fully saturated rings. The van der Waals surface area contributed by atoms with Crippen molar-refractivity contribution in [2.75, 3.05) is 0 Å². The molecule has 1 saturated carbocycles. The van der Waals surface area contributed by atoms with Gasteiger partial charge in [0.05, 0.1) is 0 Å². The molecule has 2 saturated heterocycles. The second kappa shape index (κ2) is 6.16. The minimum Gasteiger partial charge on any atom is -0.299 e. The standard InChI is InChI=1S/C20H27NO/c22-20(11-15-9-10-15)17-12-18-7-4-8-19(13-17)21(18)14-16-5-2-1-3-6-16/h1-3,5-6,15,17-19H,4,7-14H2. The van der Waals surface area contributed by atoms with Gasteiger partial charge in [-0.3, -0.25) is 9.69 Å². The van der Waals surface area contributed by atoms with Gasteiger partial charge >= 0.3 is 0 Å². The Kier molecular flexibility index (Phi) is 4.04. The molecule has 2 nitrogen and oxygen atoms in total. The van der Waals surface area contributed by atoms with Gasteiger partial charge in [-0.05, 0) is 50.0 Å². The molecule has 1 aromatic rings. The fourth-order valence-corrected chi connectivity index (χ4v) is 4.57. The molecule has 2 bridgehead atoms. The number of carbonyl (C=O) groups excluding carboxylic acids is 1. The first-order valence-corrected chi connectivity index (χ1v) is 9.12. The van der Waals surface area contributed by atoms with E-state index in [4.69, 9.17) is 0 Å².